The number of hydrogen-bond acceptors (Lipinski definition) is 10. The van der Waals surface area contributed by atoms with Gasteiger partial charge in [-0.1, -0.05) is 0 Å². The Balaban J connectivity index is -0.000000656. The molecule has 1 amide bonds. The monoisotopic (exact) mass is 578 g/mol. The molecule has 0 spiro atoms. The number of hydrogen-bond donors (Lipinski definition) is 1. The number of aliphatic hydroxyl groups is 1. The Bertz CT molecular complexity index is 862. The molecule has 40 heavy (non-hydrogen) atoms. The first-order chi connectivity index (χ1) is 17.5. The Labute approximate surface area is 263 Å². The van der Waals surface area contributed by atoms with Crippen LogP contribution in [-0.4, -0.2) is 91.3 Å². The third kappa shape index (κ3) is 14.3. The van der Waals surface area contributed by atoms with Crippen molar-refractivity contribution in [1.29, 1.82) is 0 Å². The number of piperidine rings is 1. The smallest absolute Gasteiger partial charge is 1.00 e. The number of rotatable bonds is 5. The van der Waals surface area contributed by atoms with Gasteiger partial charge in [0.1, 0.15) is 23.0 Å². The average Bonchev–Trinajstić information content (AvgIpc) is 2.77. The first-order valence-corrected chi connectivity index (χ1v) is 13.2. The van der Waals surface area contributed by atoms with Crippen molar-refractivity contribution in [3.63, 3.8) is 0 Å². The molecule has 1 aliphatic heterocycles. The van der Waals surface area contributed by atoms with Crippen LogP contribution in [0.15, 0.2) is 0 Å². The molecule has 4 atom stereocenters. The van der Waals surface area contributed by atoms with E-state index in [4.69, 9.17) is 18.9 Å². The van der Waals surface area contributed by atoms with Crippen molar-refractivity contribution < 1.29 is 79.0 Å². The zero-order valence-corrected chi connectivity index (χ0v) is 27.6. The summed E-state index contributed by atoms with van der Waals surface area (Å²) in [4.78, 5) is 60.6. The molecule has 13 heteroatoms. The number of ketones is 1. The van der Waals surface area contributed by atoms with Crippen LogP contribution in [0.4, 0.5) is 4.79 Å². The number of carbonyl (C=O) groups excluding carboxylic acids is 5. The maximum absolute atomic E-state index is 12.1. The van der Waals surface area contributed by atoms with Gasteiger partial charge in [-0.05, 0) is 74.7 Å². The van der Waals surface area contributed by atoms with E-state index in [-0.39, 0.29) is 71.4 Å². The molecular weight excluding hydrogens is 532 g/mol. The Morgan fingerprint density at radius 1 is 0.850 bits per heavy atom. The number of Topliss-reactive ketones (excluding diaryl/α,β-unsaturated/α-hetero) is 1. The van der Waals surface area contributed by atoms with Gasteiger partial charge in [-0.3, -0.25) is 19.3 Å². The summed E-state index contributed by atoms with van der Waals surface area (Å²) in [7, 11) is 0. The molecule has 1 saturated carbocycles. The summed E-state index contributed by atoms with van der Waals surface area (Å²) < 4.78 is 20.5. The van der Waals surface area contributed by atoms with E-state index in [0.717, 1.165) is 0 Å². The average molecular weight is 578 g/mol. The van der Waals surface area contributed by atoms with E-state index in [1.54, 1.807) is 55.4 Å². The van der Waals surface area contributed by atoms with Gasteiger partial charge in [0.05, 0.1) is 37.7 Å². The molecule has 2 fully saturated rings. The fourth-order valence-corrected chi connectivity index (χ4v) is 4.12. The molecule has 0 bridgehead atoms. The van der Waals surface area contributed by atoms with E-state index < -0.39 is 59.2 Å². The van der Waals surface area contributed by atoms with Gasteiger partial charge >= 0.3 is 53.6 Å². The molecule has 1 unspecified atom stereocenters. The molecule has 1 aliphatic carbocycles. The van der Waals surface area contributed by atoms with Crippen LogP contribution in [0, 0.1) is 11.8 Å². The number of esters is 3. The van der Waals surface area contributed by atoms with E-state index in [1.165, 1.54) is 4.90 Å². The van der Waals surface area contributed by atoms with Crippen molar-refractivity contribution in [3.8, 4) is 0 Å². The molecule has 1 heterocycles. The number of β-amino-alcohol motifs (C(OH)–C–C–N with tert-alkyl or cyclic N) is 1. The normalized spacial score (nSPS) is 22.7. The summed E-state index contributed by atoms with van der Waals surface area (Å²) in [5.74, 6) is -2.62. The van der Waals surface area contributed by atoms with Crippen LogP contribution in [-0.2, 0) is 38.1 Å². The maximum atomic E-state index is 12.1. The minimum Gasteiger partial charge on any atom is -1.00 e. The van der Waals surface area contributed by atoms with Gasteiger partial charge in [-0.15, -0.1) is 0 Å². The van der Waals surface area contributed by atoms with E-state index in [0.29, 0.717) is 25.7 Å². The Hall–Kier alpha value is -1.63. The van der Waals surface area contributed by atoms with Crippen LogP contribution in [0.5, 0.6) is 0 Å². The van der Waals surface area contributed by atoms with Crippen molar-refractivity contribution >= 4 is 38.2 Å². The van der Waals surface area contributed by atoms with Crippen molar-refractivity contribution in [3.05, 3.63) is 0 Å². The van der Waals surface area contributed by atoms with Crippen LogP contribution < -0.4 is 29.6 Å². The molecule has 3 radical (unpaired) electrons. The maximum Gasteiger partial charge on any atom is 1.00 e. The van der Waals surface area contributed by atoms with E-state index >= 15 is 0 Å². The molecule has 0 aromatic rings. The van der Waals surface area contributed by atoms with Crippen LogP contribution in [0.25, 0.3) is 0 Å². The van der Waals surface area contributed by atoms with Crippen molar-refractivity contribution in [1.82, 2.24) is 4.90 Å². The summed E-state index contributed by atoms with van der Waals surface area (Å²) >= 11 is 0. The largest absolute Gasteiger partial charge is 1.00 e. The van der Waals surface area contributed by atoms with Gasteiger partial charge in [0.15, 0.2) is 0 Å². The second kappa shape index (κ2) is 18.0. The topological polar surface area (TPSA) is 146 Å². The molecule has 1 saturated heterocycles. The van der Waals surface area contributed by atoms with Gasteiger partial charge in [-0.25, -0.2) is 9.59 Å². The minimum absolute atomic E-state index is 0. The van der Waals surface area contributed by atoms with Gasteiger partial charge in [0, 0.05) is 21.3 Å². The number of amides is 1. The number of aliphatic hydroxyl groups excluding tert-OH is 1. The van der Waals surface area contributed by atoms with Gasteiger partial charge in [-0.2, -0.15) is 0 Å². The zero-order valence-electron chi connectivity index (χ0n) is 26.6. The Morgan fingerprint density at radius 2 is 1.38 bits per heavy atom. The number of carbonyl (C=O) groups is 5. The molecule has 2 rings (SSSR count). The molecular formula is C27H46BNNaO10. The summed E-state index contributed by atoms with van der Waals surface area (Å²) in [6, 6.07) is -0.668. The molecule has 0 aromatic carbocycles. The number of likely N-dealkylation sites (tertiary alicyclic amines) is 1. The molecule has 0 aromatic heterocycles. The predicted octanol–water partition coefficient (Wildman–Crippen LogP) is -0.0778. The fraction of sp³-hybridized carbons (Fsp3) is 0.815. The SMILES string of the molecule is CCOC(=O)[C@@H]1CCC(=O)CC1C(=O)OC(C)(C)C.CCOC(=O)[C@@H]1CC[C@H](O)CN1C(=O)OC(C)(C)C.[B].[H-].[Na+]. The number of ether oxygens (including phenoxy) is 4. The summed E-state index contributed by atoms with van der Waals surface area (Å²) in [6.07, 6.45) is 0.396. The minimum atomic E-state index is -0.709. The first-order valence-electron chi connectivity index (χ1n) is 13.2. The summed E-state index contributed by atoms with van der Waals surface area (Å²) in [5.41, 5.74) is -1.27. The summed E-state index contributed by atoms with van der Waals surface area (Å²) in [5, 5.41) is 9.65. The standard InChI is InChI=1S/C14H22O5.C13H23NO5.B.Na.H/c1-5-18-12(16)10-7-6-9(15)8-11(10)13(17)19-14(2,3)4;1-5-18-11(16)10-7-6-9(15)8-14(10)12(17)19-13(2,3)4;;;/h10-11H,5-8H2,1-4H3;9-10,15H,5-8H2,1-4H3;;;/q;;;+1;-1/t10-,11?;9-,10-;;;/m10.../s1. The molecule has 1 N–H and O–H groups in total. The fourth-order valence-electron chi connectivity index (χ4n) is 4.12. The summed E-state index contributed by atoms with van der Waals surface area (Å²) in [6.45, 7) is 14.6. The quantitative estimate of drug-likeness (QED) is 0.267. The zero-order chi connectivity index (χ0) is 29.3. The van der Waals surface area contributed by atoms with E-state index in [2.05, 4.69) is 0 Å². The van der Waals surface area contributed by atoms with Crippen molar-refractivity contribution in [2.75, 3.05) is 19.8 Å². The Kier molecular flexibility index (Phi) is 18.3. The number of nitrogens with zero attached hydrogens (tertiary/aromatic N) is 1. The Morgan fingerprint density at radius 3 is 1.88 bits per heavy atom. The van der Waals surface area contributed by atoms with Crippen LogP contribution >= 0.6 is 0 Å². The van der Waals surface area contributed by atoms with Crippen LogP contribution in [0.3, 0.4) is 0 Å². The molecule has 223 valence electrons. The van der Waals surface area contributed by atoms with Gasteiger partial charge in [0.2, 0.25) is 0 Å². The molecule has 2 aliphatic rings. The third-order valence-electron chi connectivity index (χ3n) is 5.71. The van der Waals surface area contributed by atoms with E-state index in [1.807, 2.05) is 0 Å². The van der Waals surface area contributed by atoms with Crippen LogP contribution in [0.2, 0.25) is 0 Å². The van der Waals surface area contributed by atoms with Gasteiger partial charge < -0.3 is 25.5 Å². The molecule has 11 nitrogen and oxygen atoms in total. The van der Waals surface area contributed by atoms with E-state index in [9.17, 15) is 29.1 Å². The van der Waals surface area contributed by atoms with Crippen molar-refractivity contribution in [2.45, 2.75) is 111 Å². The van der Waals surface area contributed by atoms with Crippen molar-refractivity contribution in [2.24, 2.45) is 11.8 Å². The first kappa shape index (κ1) is 40.5. The van der Waals surface area contributed by atoms with Gasteiger partial charge in [0.25, 0.3) is 0 Å². The second-order valence-electron chi connectivity index (χ2n) is 11.4. The second-order valence-corrected chi connectivity index (χ2v) is 11.4. The predicted molar refractivity (Wildman–Crippen MR) is 144 cm³/mol. The van der Waals surface area contributed by atoms with Crippen LogP contribution in [0.1, 0.15) is 88.9 Å². The third-order valence-corrected chi connectivity index (χ3v) is 5.71.